The quantitative estimate of drug-likeness (QED) is 0.762. The Morgan fingerprint density at radius 2 is 1.77 bits per heavy atom. The van der Waals surface area contributed by atoms with Crippen LogP contribution in [0.3, 0.4) is 0 Å². The first-order valence-corrected chi connectivity index (χ1v) is 8.30. The van der Waals surface area contributed by atoms with Crippen molar-refractivity contribution in [3.63, 3.8) is 0 Å². The summed E-state index contributed by atoms with van der Waals surface area (Å²) >= 11 is 0. The summed E-state index contributed by atoms with van der Waals surface area (Å²) in [6.07, 6.45) is 1.68. The van der Waals surface area contributed by atoms with E-state index < -0.39 is 11.9 Å². The van der Waals surface area contributed by atoms with E-state index in [2.05, 4.69) is 10.3 Å². The van der Waals surface area contributed by atoms with Crippen molar-refractivity contribution < 1.29 is 9.18 Å². The predicted octanol–water partition coefficient (Wildman–Crippen LogP) is 3.81. The maximum Gasteiger partial charge on any atom is 0.252 e. The highest BCUT2D eigenvalue weighted by Gasteiger charge is 2.19. The van der Waals surface area contributed by atoms with Crippen molar-refractivity contribution in [2.45, 2.75) is 6.04 Å². The van der Waals surface area contributed by atoms with Crippen molar-refractivity contribution in [2.75, 3.05) is 19.0 Å². The molecule has 0 aliphatic carbocycles. The molecule has 132 valence electrons. The number of rotatable bonds is 5. The second kappa shape index (κ2) is 7.78. The molecule has 26 heavy (non-hydrogen) atoms. The number of carbonyl (C=O) groups is 1. The number of carbonyl (C=O) groups excluding carboxylic acids is 1. The smallest absolute Gasteiger partial charge is 0.252 e. The van der Waals surface area contributed by atoms with Crippen LogP contribution in [0.1, 0.15) is 27.7 Å². The third kappa shape index (κ3) is 3.88. The molecule has 0 unspecified atom stereocenters. The lowest BCUT2D eigenvalue weighted by Gasteiger charge is -2.19. The third-order valence-electron chi connectivity index (χ3n) is 4.08. The molecule has 1 atom stereocenters. The molecule has 5 heteroatoms. The number of halogens is 1. The van der Waals surface area contributed by atoms with Gasteiger partial charge in [0, 0.05) is 25.9 Å². The van der Waals surface area contributed by atoms with Gasteiger partial charge in [-0.05, 0) is 35.9 Å². The minimum Gasteiger partial charge on any atom is -0.375 e. The van der Waals surface area contributed by atoms with Crippen molar-refractivity contribution in [1.82, 2.24) is 10.3 Å². The molecule has 0 saturated heterocycles. The normalized spacial score (nSPS) is 11.7. The van der Waals surface area contributed by atoms with Crippen molar-refractivity contribution in [3.05, 3.63) is 95.6 Å². The highest BCUT2D eigenvalue weighted by atomic mass is 19.1. The lowest BCUT2D eigenvalue weighted by atomic mass is 10.0. The van der Waals surface area contributed by atoms with Gasteiger partial charge in [-0.3, -0.25) is 9.78 Å². The zero-order chi connectivity index (χ0) is 18.5. The Morgan fingerprint density at radius 3 is 2.38 bits per heavy atom. The van der Waals surface area contributed by atoms with Crippen LogP contribution < -0.4 is 10.2 Å². The molecule has 0 radical (unpaired) electrons. The summed E-state index contributed by atoms with van der Waals surface area (Å²) in [7, 11) is 3.51. The molecule has 1 heterocycles. The van der Waals surface area contributed by atoms with Crippen LogP contribution in [0.2, 0.25) is 0 Å². The molecule has 1 aromatic heterocycles. The number of nitrogens with zero attached hydrogens (tertiary/aromatic N) is 2. The Labute approximate surface area is 152 Å². The van der Waals surface area contributed by atoms with Gasteiger partial charge in [-0.1, -0.05) is 36.4 Å². The largest absolute Gasteiger partial charge is 0.375 e. The number of amides is 1. The lowest BCUT2D eigenvalue weighted by Crippen LogP contribution is -2.30. The van der Waals surface area contributed by atoms with E-state index in [1.807, 2.05) is 48.5 Å². The first-order chi connectivity index (χ1) is 12.6. The summed E-state index contributed by atoms with van der Waals surface area (Å²) in [5.74, 6) is -0.787. The zero-order valence-electron chi connectivity index (χ0n) is 14.7. The molecular formula is C21H20FN3O. The van der Waals surface area contributed by atoms with Crippen molar-refractivity contribution in [1.29, 1.82) is 0 Å². The van der Waals surface area contributed by atoms with Gasteiger partial charge in [0.1, 0.15) is 5.82 Å². The van der Waals surface area contributed by atoms with Gasteiger partial charge in [-0.15, -0.1) is 0 Å². The molecule has 3 aromatic rings. The lowest BCUT2D eigenvalue weighted by molar-refractivity contribution is 0.0942. The van der Waals surface area contributed by atoms with Gasteiger partial charge in [0.25, 0.3) is 5.91 Å². The van der Waals surface area contributed by atoms with Crippen LogP contribution in [0.4, 0.5) is 10.1 Å². The Morgan fingerprint density at radius 1 is 1.04 bits per heavy atom. The van der Waals surface area contributed by atoms with Crippen LogP contribution in [0, 0.1) is 5.82 Å². The number of hydrogen-bond donors (Lipinski definition) is 1. The SMILES string of the molecule is CN(C)c1ccc(C(=O)N[C@H](c2ccccc2)c2ccccn2)cc1F. The maximum atomic E-state index is 14.2. The third-order valence-corrected chi connectivity index (χ3v) is 4.08. The topological polar surface area (TPSA) is 45.2 Å². The fraction of sp³-hybridized carbons (Fsp3) is 0.143. The molecule has 0 fully saturated rings. The Hall–Kier alpha value is -3.21. The van der Waals surface area contributed by atoms with Crippen molar-refractivity contribution in [2.24, 2.45) is 0 Å². The minimum atomic E-state index is -0.434. The van der Waals surface area contributed by atoms with Gasteiger partial charge < -0.3 is 10.2 Å². The number of aromatic nitrogens is 1. The molecule has 3 rings (SSSR count). The van der Waals surface area contributed by atoms with E-state index in [1.165, 1.54) is 6.07 Å². The van der Waals surface area contributed by atoms with Crippen LogP contribution in [0.15, 0.2) is 72.9 Å². The maximum absolute atomic E-state index is 14.2. The van der Waals surface area contributed by atoms with E-state index in [9.17, 15) is 9.18 Å². The van der Waals surface area contributed by atoms with E-state index in [0.29, 0.717) is 5.69 Å². The standard InChI is InChI=1S/C21H20FN3O/c1-25(2)19-12-11-16(14-17(19)22)21(26)24-20(15-8-4-3-5-9-15)18-10-6-7-13-23-18/h3-14,20H,1-2H3,(H,24,26)/t20-/m1/s1. The van der Waals surface area contributed by atoms with Crippen LogP contribution >= 0.6 is 0 Å². The average molecular weight is 349 g/mol. The highest BCUT2D eigenvalue weighted by Crippen LogP contribution is 2.22. The minimum absolute atomic E-state index is 0.268. The van der Waals surface area contributed by atoms with Gasteiger partial charge in [0.15, 0.2) is 0 Å². The van der Waals surface area contributed by atoms with Crippen molar-refractivity contribution in [3.8, 4) is 0 Å². The fourth-order valence-electron chi connectivity index (χ4n) is 2.75. The molecule has 2 aromatic carbocycles. The van der Waals surface area contributed by atoms with E-state index in [1.54, 1.807) is 37.3 Å². The number of hydrogen-bond acceptors (Lipinski definition) is 3. The summed E-state index contributed by atoms with van der Waals surface area (Å²) in [6.45, 7) is 0. The first-order valence-electron chi connectivity index (χ1n) is 8.30. The number of pyridine rings is 1. The Kier molecular flexibility index (Phi) is 5.27. The average Bonchev–Trinajstić information content (AvgIpc) is 2.67. The number of benzene rings is 2. The van der Waals surface area contributed by atoms with Gasteiger partial charge in [-0.25, -0.2) is 4.39 Å². The number of nitrogens with one attached hydrogen (secondary N) is 1. The second-order valence-electron chi connectivity index (χ2n) is 6.13. The van der Waals surface area contributed by atoms with E-state index >= 15 is 0 Å². The van der Waals surface area contributed by atoms with Gasteiger partial charge in [-0.2, -0.15) is 0 Å². The highest BCUT2D eigenvalue weighted by molar-refractivity contribution is 5.95. The second-order valence-corrected chi connectivity index (χ2v) is 6.13. The zero-order valence-corrected chi connectivity index (χ0v) is 14.7. The molecule has 4 nitrogen and oxygen atoms in total. The van der Waals surface area contributed by atoms with E-state index in [0.717, 1.165) is 11.3 Å². The van der Waals surface area contributed by atoms with Crippen LogP contribution in [0.5, 0.6) is 0 Å². The summed E-state index contributed by atoms with van der Waals surface area (Å²) in [4.78, 5) is 18.7. The molecule has 0 aliphatic heterocycles. The summed E-state index contributed by atoms with van der Waals surface area (Å²) < 4.78 is 14.2. The molecule has 0 spiro atoms. The van der Waals surface area contributed by atoms with E-state index in [4.69, 9.17) is 0 Å². The monoisotopic (exact) mass is 349 g/mol. The van der Waals surface area contributed by atoms with Gasteiger partial charge >= 0.3 is 0 Å². The van der Waals surface area contributed by atoms with E-state index in [-0.39, 0.29) is 11.5 Å². The molecule has 0 bridgehead atoms. The van der Waals surface area contributed by atoms with Crippen molar-refractivity contribution >= 4 is 11.6 Å². The number of anilines is 1. The summed E-state index contributed by atoms with van der Waals surface area (Å²) in [6, 6.07) is 19.2. The predicted molar refractivity (Wildman–Crippen MR) is 101 cm³/mol. The Balaban J connectivity index is 1.90. The van der Waals surface area contributed by atoms with Crippen LogP contribution in [0.25, 0.3) is 0 Å². The first kappa shape index (κ1) is 17.6. The fourth-order valence-corrected chi connectivity index (χ4v) is 2.75. The Bertz CT molecular complexity index is 843. The van der Waals surface area contributed by atoms with Crippen LogP contribution in [-0.4, -0.2) is 25.0 Å². The van der Waals surface area contributed by atoms with Gasteiger partial charge in [0.05, 0.1) is 17.4 Å². The van der Waals surface area contributed by atoms with Crippen LogP contribution in [-0.2, 0) is 0 Å². The molecule has 1 N–H and O–H groups in total. The molecule has 1 amide bonds. The molecule has 0 saturated carbocycles. The van der Waals surface area contributed by atoms with Gasteiger partial charge in [0.2, 0.25) is 0 Å². The molecule has 0 aliphatic rings. The molecular weight excluding hydrogens is 329 g/mol. The summed E-state index contributed by atoms with van der Waals surface area (Å²) in [5, 5.41) is 2.96. The summed E-state index contributed by atoms with van der Waals surface area (Å²) in [5.41, 5.74) is 2.33.